The second-order valence-corrected chi connectivity index (χ2v) is 4.48. The van der Waals surface area contributed by atoms with E-state index in [1.54, 1.807) is 6.08 Å². The Morgan fingerprint density at radius 1 is 1.15 bits per heavy atom. The highest BCUT2D eigenvalue weighted by molar-refractivity contribution is 6.04. The molecule has 0 unspecified atom stereocenters. The van der Waals surface area contributed by atoms with Gasteiger partial charge in [-0.05, 0) is 24.0 Å². The van der Waals surface area contributed by atoms with E-state index < -0.39 is 0 Å². The Morgan fingerprint density at radius 2 is 1.75 bits per heavy atom. The molecule has 4 heteroatoms. The van der Waals surface area contributed by atoms with Crippen molar-refractivity contribution in [3.05, 3.63) is 42.0 Å². The molecular formula is C16H22N2O2. The molecule has 0 atom stereocenters. The Labute approximate surface area is 120 Å². The first kappa shape index (κ1) is 16.0. The summed E-state index contributed by atoms with van der Waals surface area (Å²) in [5, 5.41) is 5.45. The lowest BCUT2D eigenvalue weighted by Gasteiger charge is -2.14. The predicted molar refractivity (Wildman–Crippen MR) is 81.7 cm³/mol. The van der Waals surface area contributed by atoms with E-state index in [4.69, 9.17) is 0 Å². The van der Waals surface area contributed by atoms with Crippen molar-refractivity contribution in [3.63, 3.8) is 0 Å². The Kier molecular flexibility index (Phi) is 6.50. The first-order valence-electron chi connectivity index (χ1n) is 6.90. The van der Waals surface area contributed by atoms with Crippen LogP contribution in [0.4, 0.5) is 5.69 Å². The van der Waals surface area contributed by atoms with Gasteiger partial charge in [0, 0.05) is 12.2 Å². The fourth-order valence-corrected chi connectivity index (χ4v) is 1.98. The smallest absolute Gasteiger partial charge is 0.233 e. The van der Waals surface area contributed by atoms with Gasteiger partial charge in [-0.3, -0.25) is 9.59 Å². The molecule has 2 N–H and O–H groups in total. The maximum absolute atomic E-state index is 11.9. The van der Waals surface area contributed by atoms with Crippen molar-refractivity contribution >= 4 is 17.5 Å². The molecule has 0 bridgehead atoms. The lowest BCUT2D eigenvalue weighted by molar-refractivity contribution is -0.126. The van der Waals surface area contributed by atoms with Crippen LogP contribution in [0.1, 0.15) is 31.4 Å². The van der Waals surface area contributed by atoms with Crippen molar-refractivity contribution in [2.75, 3.05) is 11.9 Å². The Balaban J connectivity index is 2.74. The summed E-state index contributed by atoms with van der Waals surface area (Å²) in [6.07, 6.45) is 3.09. The average molecular weight is 274 g/mol. The number of nitrogens with one attached hydrogen (secondary N) is 2. The molecular weight excluding hydrogens is 252 g/mol. The molecule has 0 saturated heterocycles. The molecule has 108 valence electrons. The number of hydrogen-bond acceptors (Lipinski definition) is 2. The molecule has 0 aromatic heterocycles. The molecule has 0 aliphatic heterocycles. The van der Waals surface area contributed by atoms with Gasteiger partial charge < -0.3 is 10.6 Å². The Morgan fingerprint density at radius 3 is 2.25 bits per heavy atom. The topological polar surface area (TPSA) is 58.2 Å². The van der Waals surface area contributed by atoms with Gasteiger partial charge in [0.1, 0.15) is 6.42 Å². The molecule has 0 aliphatic carbocycles. The van der Waals surface area contributed by atoms with Gasteiger partial charge in [0.2, 0.25) is 11.8 Å². The predicted octanol–water partition coefficient (Wildman–Crippen LogP) is 2.44. The quantitative estimate of drug-likeness (QED) is 0.592. The summed E-state index contributed by atoms with van der Waals surface area (Å²) in [5.74, 6) is -0.586. The van der Waals surface area contributed by atoms with Crippen LogP contribution in [0.2, 0.25) is 0 Å². The fourth-order valence-electron chi connectivity index (χ4n) is 1.98. The summed E-state index contributed by atoms with van der Waals surface area (Å²) in [7, 11) is 0. The van der Waals surface area contributed by atoms with E-state index in [1.807, 2.05) is 32.0 Å². The number of hydrogen-bond donors (Lipinski definition) is 2. The van der Waals surface area contributed by atoms with Gasteiger partial charge in [-0.1, -0.05) is 38.1 Å². The highest BCUT2D eigenvalue weighted by Crippen LogP contribution is 2.22. The number of amides is 2. The second-order valence-electron chi connectivity index (χ2n) is 4.48. The van der Waals surface area contributed by atoms with Crippen LogP contribution < -0.4 is 10.6 Å². The monoisotopic (exact) mass is 274 g/mol. The molecule has 0 saturated carbocycles. The molecule has 0 fully saturated rings. The van der Waals surface area contributed by atoms with Crippen LogP contribution in [-0.4, -0.2) is 18.4 Å². The Bertz CT molecular complexity index is 473. The van der Waals surface area contributed by atoms with Crippen molar-refractivity contribution in [3.8, 4) is 0 Å². The molecule has 2 amide bonds. The third kappa shape index (κ3) is 4.53. The molecule has 4 nitrogen and oxygen atoms in total. The lowest BCUT2D eigenvalue weighted by atomic mass is 10.0. The van der Waals surface area contributed by atoms with Gasteiger partial charge >= 0.3 is 0 Å². The SMILES string of the molecule is C=CCNC(=O)CC(=O)Nc1c(CC)cccc1CC. The first-order valence-corrected chi connectivity index (χ1v) is 6.90. The van der Waals surface area contributed by atoms with Gasteiger partial charge in [0.05, 0.1) is 0 Å². The van der Waals surface area contributed by atoms with Crippen molar-refractivity contribution in [2.24, 2.45) is 0 Å². The third-order valence-corrected chi connectivity index (χ3v) is 3.03. The van der Waals surface area contributed by atoms with Gasteiger partial charge in [0.15, 0.2) is 0 Å². The summed E-state index contributed by atoms with van der Waals surface area (Å²) in [6, 6.07) is 5.98. The molecule has 1 rings (SSSR count). The number of carbonyl (C=O) groups is 2. The zero-order chi connectivity index (χ0) is 15.0. The van der Waals surface area contributed by atoms with E-state index >= 15 is 0 Å². The van der Waals surface area contributed by atoms with E-state index in [-0.39, 0.29) is 18.2 Å². The number of rotatable bonds is 7. The van der Waals surface area contributed by atoms with Crippen LogP contribution in [0.3, 0.4) is 0 Å². The number of anilines is 1. The number of aryl methyl sites for hydroxylation is 2. The zero-order valence-electron chi connectivity index (χ0n) is 12.2. The fraction of sp³-hybridized carbons (Fsp3) is 0.375. The van der Waals surface area contributed by atoms with E-state index in [9.17, 15) is 9.59 Å². The van der Waals surface area contributed by atoms with Crippen LogP contribution in [0.25, 0.3) is 0 Å². The van der Waals surface area contributed by atoms with Gasteiger partial charge in [-0.2, -0.15) is 0 Å². The molecule has 0 heterocycles. The minimum absolute atomic E-state index is 0.172. The van der Waals surface area contributed by atoms with E-state index in [0.29, 0.717) is 6.54 Å². The molecule has 0 aliphatic rings. The van der Waals surface area contributed by atoms with E-state index in [0.717, 1.165) is 29.7 Å². The van der Waals surface area contributed by atoms with Gasteiger partial charge in [0.25, 0.3) is 0 Å². The van der Waals surface area contributed by atoms with Crippen LogP contribution in [0, 0.1) is 0 Å². The minimum atomic E-state index is -0.297. The standard InChI is InChI=1S/C16H22N2O2/c1-4-10-17-14(19)11-15(20)18-16-12(5-2)8-7-9-13(16)6-3/h4,7-9H,1,5-6,10-11H2,2-3H3,(H,17,19)(H,18,20). The lowest BCUT2D eigenvalue weighted by Crippen LogP contribution is -2.28. The number of carbonyl (C=O) groups excluding carboxylic acids is 2. The van der Waals surface area contributed by atoms with Crippen LogP contribution in [0.5, 0.6) is 0 Å². The largest absolute Gasteiger partial charge is 0.352 e. The van der Waals surface area contributed by atoms with Gasteiger partial charge in [-0.25, -0.2) is 0 Å². The Hall–Kier alpha value is -2.10. The second kappa shape index (κ2) is 8.15. The van der Waals surface area contributed by atoms with Crippen molar-refractivity contribution < 1.29 is 9.59 Å². The molecule has 20 heavy (non-hydrogen) atoms. The van der Waals surface area contributed by atoms with E-state index in [2.05, 4.69) is 17.2 Å². The minimum Gasteiger partial charge on any atom is -0.352 e. The molecule has 0 radical (unpaired) electrons. The summed E-state index contributed by atoms with van der Waals surface area (Å²) in [6.45, 7) is 7.97. The van der Waals surface area contributed by atoms with E-state index in [1.165, 1.54) is 0 Å². The average Bonchev–Trinajstić information content (AvgIpc) is 2.45. The molecule has 1 aromatic rings. The van der Waals surface area contributed by atoms with Crippen molar-refractivity contribution in [1.29, 1.82) is 0 Å². The van der Waals surface area contributed by atoms with Crippen molar-refractivity contribution in [2.45, 2.75) is 33.1 Å². The summed E-state index contributed by atoms with van der Waals surface area (Å²) < 4.78 is 0. The maximum Gasteiger partial charge on any atom is 0.233 e. The van der Waals surface area contributed by atoms with Crippen LogP contribution in [-0.2, 0) is 22.4 Å². The summed E-state index contributed by atoms with van der Waals surface area (Å²) in [5.41, 5.74) is 3.02. The van der Waals surface area contributed by atoms with Gasteiger partial charge in [-0.15, -0.1) is 6.58 Å². The molecule has 1 aromatic carbocycles. The normalized spacial score (nSPS) is 9.90. The number of benzene rings is 1. The highest BCUT2D eigenvalue weighted by atomic mass is 16.2. The number of para-hydroxylation sites is 1. The van der Waals surface area contributed by atoms with Crippen LogP contribution >= 0.6 is 0 Å². The van der Waals surface area contributed by atoms with Crippen LogP contribution in [0.15, 0.2) is 30.9 Å². The van der Waals surface area contributed by atoms with Crippen molar-refractivity contribution in [1.82, 2.24) is 5.32 Å². The molecule has 0 spiro atoms. The highest BCUT2D eigenvalue weighted by Gasteiger charge is 2.12. The summed E-state index contributed by atoms with van der Waals surface area (Å²) >= 11 is 0. The first-order chi connectivity index (χ1) is 9.62. The summed E-state index contributed by atoms with van der Waals surface area (Å²) in [4.78, 5) is 23.4. The third-order valence-electron chi connectivity index (χ3n) is 3.03. The maximum atomic E-state index is 11.9. The zero-order valence-corrected chi connectivity index (χ0v) is 12.2.